The first kappa shape index (κ1) is 14.0. The molecule has 1 amide bonds. The fourth-order valence-corrected chi connectivity index (χ4v) is 1.52. The highest BCUT2D eigenvalue weighted by Crippen LogP contribution is 2.24. The van der Waals surface area contributed by atoms with E-state index in [2.05, 4.69) is 5.32 Å². The molecule has 0 bridgehead atoms. The molecule has 4 heteroatoms. The zero-order valence-electron chi connectivity index (χ0n) is 10.7. The maximum Gasteiger partial charge on any atom is 0.241 e. The molecule has 17 heavy (non-hydrogen) atoms. The molecule has 0 heterocycles. The van der Waals surface area contributed by atoms with E-state index in [1.807, 2.05) is 33.8 Å². The lowest BCUT2D eigenvalue weighted by Gasteiger charge is -2.26. The van der Waals surface area contributed by atoms with Crippen molar-refractivity contribution < 1.29 is 4.79 Å². The molecule has 0 unspecified atom stereocenters. The summed E-state index contributed by atoms with van der Waals surface area (Å²) < 4.78 is 0. The van der Waals surface area contributed by atoms with Crippen LogP contribution in [0, 0.1) is 12.3 Å². The van der Waals surface area contributed by atoms with Gasteiger partial charge in [-0.1, -0.05) is 38.4 Å². The maximum atomic E-state index is 11.9. The number of nitrogens with two attached hydrogens (primary N) is 1. The van der Waals surface area contributed by atoms with Crippen LogP contribution in [-0.2, 0) is 4.79 Å². The van der Waals surface area contributed by atoms with Gasteiger partial charge in [-0.2, -0.15) is 0 Å². The first-order valence-electron chi connectivity index (χ1n) is 5.55. The zero-order valence-corrected chi connectivity index (χ0v) is 11.4. The highest BCUT2D eigenvalue weighted by Gasteiger charge is 2.27. The molecule has 0 saturated carbocycles. The van der Waals surface area contributed by atoms with Gasteiger partial charge in [0.1, 0.15) is 0 Å². The van der Waals surface area contributed by atoms with Gasteiger partial charge in [0, 0.05) is 10.7 Å². The van der Waals surface area contributed by atoms with Gasteiger partial charge in [-0.25, -0.2) is 0 Å². The third-order valence-electron chi connectivity index (χ3n) is 2.74. The van der Waals surface area contributed by atoms with Crippen molar-refractivity contribution >= 4 is 23.2 Å². The Hall–Kier alpha value is -1.06. The standard InChI is InChI=1S/C13H19ClN2O/c1-8-9(14)6-5-7-10(8)16-12(17)11(15)13(2,3)4/h5-7,11H,15H2,1-4H3,(H,16,17)/t11-/m0/s1. The molecule has 0 aliphatic heterocycles. The molecule has 1 aromatic rings. The van der Waals surface area contributed by atoms with Gasteiger partial charge in [0.15, 0.2) is 0 Å². The number of benzene rings is 1. The summed E-state index contributed by atoms with van der Waals surface area (Å²) >= 11 is 5.98. The number of halogens is 1. The lowest BCUT2D eigenvalue weighted by Crippen LogP contribution is -2.45. The van der Waals surface area contributed by atoms with E-state index < -0.39 is 6.04 Å². The molecule has 1 rings (SSSR count). The monoisotopic (exact) mass is 254 g/mol. The normalized spacial score (nSPS) is 13.3. The number of amides is 1. The Morgan fingerprint density at radius 3 is 2.53 bits per heavy atom. The Kier molecular flexibility index (Phi) is 4.17. The van der Waals surface area contributed by atoms with Crippen molar-refractivity contribution in [2.75, 3.05) is 5.32 Å². The van der Waals surface area contributed by atoms with Gasteiger partial charge in [-0.15, -0.1) is 0 Å². The summed E-state index contributed by atoms with van der Waals surface area (Å²) in [7, 11) is 0. The molecular formula is C13H19ClN2O. The van der Waals surface area contributed by atoms with Crippen molar-refractivity contribution in [3.8, 4) is 0 Å². The van der Waals surface area contributed by atoms with Crippen LogP contribution in [0.2, 0.25) is 5.02 Å². The van der Waals surface area contributed by atoms with Crippen LogP contribution >= 0.6 is 11.6 Å². The molecule has 94 valence electrons. The predicted molar refractivity (Wildman–Crippen MR) is 72.2 cm³/mol. The summed E-state index contributed by atoms with van der Waals surface area (Å²) in [6.45, 7) is 7.66. The molecule has 0 aromatic heterocycles. The number of hydrogen-bond donors (Lipinski definition) is 2. The van der Waals surface area contributed by atoms with Crippen LogP contribution in [0.25, 0.3) is 0 Å². The minimum atomic E-state index is -0.555. The Morgan fingerprint density at radius 1 is 1.41 bits per heavy atom. The largest absolute Gasteiger partial charge is 0.324 e. The van der Waals surface area contributed by atoms with Gasteiger partial charge in [0.05, 0.1) is 6.04 Å². The van der Waals surface area contributed by atoms with E-state index in [1.54, 1.807) is 12.1 Å². The fourth-order valence-electron chi connectivity index (χ4n) is 1.35. The zero-order chi connectivity index (χ0) is 13.2. The molecule has 0 fully saturated rings. The van der Waals surface area contributed by atoms with E-state index >= 15 is 0 Å². The van der Waals surface area contributed by atoms with Crippen LogP contribution in [-0.4, -0.2) is 11.9 Å². The maximum absolute atomic E-state index is 11.9. The second-order valence-corrected chi connectivity index (χ2v) is 5.65. The molecule has 3 N–H and O–H groups in total. The quantitative estimate of drug-likeness (QED) is 0.853. The van der Waals surface area contributed by atoms with Crippen molar-refractivity contribution in [1.29, 1.82) is 0 Å². The lowest BCUT2D eigenvalue weighted by atomic mass is 9.87. The van der Waals surface area contributed by atoms with Crippen molar-refractivity contribution in [3.05, 3.63) is 28.8 Å². The van der Waals surface area contributed by atoms with E-state index in [-0.39, 0.29) is 11.3 Å². The number of carbonyl (C=O) groups is 1. The average Bonchev–Trinajstić information content (AvgIpc) is 2.22. The van der Waals surface area contributed by atoms with Crippen LogP contribution < -0.4 is 11.1 Å². The second kappa shape index (κ2) is 5.07. The average molecular weight is 255 g/mol. The van der Waals surface area contributed by atoms with Gasteiger partial charge < -0.3 is 11.1 Å². The van der Waals surface area contributed by atoms with Crippen LogP contribution in [0.5, 0.6) is 0 Å². The third kappa shape index (κ3) is 3.45. The topological polar surface area (TPSA) is 55.1 Å². The summed E-state index contributed by atoms with van der Waals surface area (Å²) in [6, 6.07) is 4.85. The smallest absolute Gasteiger partial charge is 0.241 e. The molecule has 0 spiro atoms. The predicted octanol–water partition coefficient (Wildman–Crippen LogP) is 2.96. The number of hydrogen-bond acceptors (Lipinski definition) is 2. The number of rotatable bonds is 2. The molecule has 1 atom stereocenters. The van der Waals surface area contributed by atoms with Crippen molar-refractivity contribution in [2.45, 2.75) is 33.7 Å². The Labute approximate surface area is 107 Å². The van der Waals surface area contributed by atoms with Crippen molar-refractivity contribution in [2.24, 2.45) is 11.1 Å². The van der Waals surface area contributed by atoms with Gasteiger partial charge in [0.25, 0.3) is 0 Å². The Balaban J connectivity index is 2.86. The number of anilines is 1. The lowest BCUT2D eigenvalue weighted by molar-refractivity contribution is -0.119. The molecular weight excluding hydrogens is 236 g/mol. The highest BCUT2D eigenvalue weighted by atomic mass is 35.5. The summed E-state index contributed by atoms with van der Waals surface area (Å²) in [5, 5.41) is 3.44. The van der Waals surface area contributed by atoms with E-state index in [4.69, 9.17) is 17.3 Å². The van der Waals surface area contributed by atoms with Crippen LogP contribution in [0.1, 0.15) is 26.3 Å². The summed E-state index contributed by atoms with van der Waals surface area (Å²) in [5.41, 5.74) is 7.18. The van der Waals surface area contributed by atoms with Gasteiger partial charge >= 0.3 is 0 Å². The summed E-state index contributed by atoms with van der Waals surface area (Å²) in [6.07, 6.45) is 0. The molecule has 0 saturated heterocycles. The molecule has 0 aliphatic rings. The minimum Gasteiger partial charge on any atom is -0.324 e. The Morgan fingerprint density at radius 2 is 2.00 bits per heavy atom. The van der Waals surface area contributed by atoms with E-state index in [0.29, 0.717) is 10.7 Å². The fraction of sp³-hybridized carbons (Fsp3) is 0.462. The van der Waals surface area contributed by atoms with Crippen LogP contribution in [0.4, 0.5) is 5.69 Å². The third-order valence-corrected chi connectivity index (χ3v) is 3.15. The second-order valence-electron chi connectivity index (χ2n) is 5.25. The first-order chi connectivity index (χ1) is 7.73. The summed E-state index contributed by atoms with van der Waals surface area (Å²) in [4.78, 5) is 11.9. The SMILES string of the molecule is Cc1c(Cl)cccc1NC(=O)[C@H](N)C(C)(C)C. The number of nitrogens with one attached hydrogen (secondary N) is 1. The molecule has 0 aliphatic carbocycles. The van der Waals surface area contributed by atoms with Gasteiger partial charge in [-0.3, -0.25) is 4.79 Å². The van der Waals surface area contributed by atoms with Crippen LogP contribution in [0.3, 0.4) is 0 Å². The van der Waals surface area contributed by atoms with E-state index in [1.165, 1.54) is 0 Å². The highest BCUT2D eigenvalue weighted by molar-refractivity contribution is 6.31. The van der Waals surface area contributed by atoms with E-state index in [9.17, 15) is 4.79 Å². The first-order valence-corrected chi connectivity index (χ1v) is 5.93. The molecule has 3 nitrogen and oxygen atoms in total. The van der Waals surface area contributed by atoms with Gasteiger partial charge in [0.2, 0.25) is 5.91 Å². The molecule has 1 aromatic carbocycles. The minimum absolute atomic E-state index is 0.192. The van der Waals surface area contributed by atoms with Crippen molar-refractivity contribution in [1.82, 2.24) is 0 Å². The molecule has 0 radical (unpaired) electrons. The van der Waals surface area contributed by atoms with Crippen molar-refractivity contribution in [3.63, 3.8) is 0 Å². The van der Waals surface area contributed by atoms with Gasteiger partial charge in [-0.05, 0) is 30.0 Å². The van der Waals surface area contributed by atoms with E-state index in [0.717, 1.165) is 5.56 Å². The Bertz CT molecular complexity index is 424. The number of carbonyl (C=O) groups excluding carboxylic acids is 1. The van der Waals surface area contributed by atoms with Crippen LogP contribution in [0.15, 0.2) is 18.2 Å². The summed E-state index contributed by atoms with van der Waals surface area (Å²) in [5.74, 6) is -0.192.